The van der Waals surface area contributed by atoms with Gasteiger partial charge in [-0.05, 0) is 29.8 Å². The fourth-order valence-electron chi connectivity index (χ4n) is 2.81. The average Bonchev–Trinajstić information content (AvgIpc) is 3.20. The van der Waals surface area contributed by atoms with Crippen LogP contribution in [0.4, 0.5) is 39.5 Å². The van der Waals surface area contributed by atoms with E-state index in [0.29, 0.717) is 22.1 Å². The van der Waals surface area contributed by atoms with Crippen molar-refractivity contribution < 1.29 is 56.9 Å². The highest BCUT2D eigenvalue weighted by Crippen LogP contribution is 2.55. The Morgan fingerprint density at radius 1 is 0.865 bits per heavy atom. The van der Waals surface area contributed by atoms with Crippen LogP contribution in [0, 0.1) is 0 Å². The SMILES string of the molecule is COc1ccc(Cn2nc(-c3ccccn3)cc2OS(=O)(=O)C(F)(F)C(F)(F)C(F)(F)C(F)(F)F)cc1. The lowest BCUT2D eigenvalue weighted by atomic mass is 10.1. The molecule has 37 heavy (non-hydrogen) atoms. The number of aromatic nitrogens is 3. The van der Waals surface area contributed by atoms with Crippen LogP contribution in [0.25, 0.3) is 11.4 Å². The zero-order chi connectivity index (χ0) is 27.9. The Hall–Kier alpha value is -3.50. The van der Waals surface area contributed by atoms with Gasteiger partial charge in [0.25, 0.3) is 0 Å². The zero-order valence-electron chi connectivity index (χ0n) is 18.2. The quantitative estimate of drug-likeness (QED) is 0.265. The fourth-order valence-corrected chi connectivity index (χ4v) is 3.71. The summed E-state index contributed by atoms with van der Waals surface area (Å²) < 4.78 is 153. The van der Waals surface area contributed by atoms with Crippen molar-refractivity contribution in [1.29, 1.82) is 0 Å². The van der Waals surface area contributed by atoms with Crippen LogP contribution in [-0.2, 0) is 16.7 Å². The van der Waals surface area contributed by atoms with Crippen LogP contribution in [0.15, 0.2) is 54.7 Å². The van der Waals surface area contributed by atoms with Crippen molar-refractivity contribution in [3.8, 4) is 23.0 Å². The van der Waals surface area contributed by atoms with Crippen molar-refractivity contribution in [3.05, 3.63) is 60.3 Å². The van der Waals surface area contributed by atoms with E-state index in [-0.39, 0.29) is 11.4 Å². The number of rotatable bonds is 9. The largest absolute Gasteiger partial charge is 0.497 e. The molecule has 17 heteroatoms. The highest BCUT2D eigenvalue weighted by Gasteiger charge is 2.86. The fraction of sp³-hybridized carbons (Fsp3) is 0.300. The number of benzene rings is 1. The van der Waals surface area contributed by atoms with Gasteiger partial charge in [-0.15, -0.1) is 0 Å². The third-order valence-corrected chi connectivity index (χ3v) is 6.06. The highest BCUT2D eigenvalue weighted by molar-refractivity contribution is 7.88. The molecule has 2 heterocycles. The minimum atomic E-state index is -7.44. The number of hydrogen-bond donors (Lipinski definition) is 0. The molecule has 7 nitrogen and oxygen atoms in total. The first-order chi connectivity index (χ1) is 16.9. The van der Waals surface area contributed by atoms with E-state index in [9.17, 15) is 47.9 Å². The summed E-state index contributed by atoms with van der Waals surface area (Å²) in [6.07, 6.45) is -5.94. The van der Waals surface area contributed by atoms with E-state index >= 15 is 0 Å². The third kappa shape index (κ3) is 5.03. The topological polar surface area (TPSA) is 83.3 Å². The lowest BCUT2D eigenvalue weighted by Crippen LogP contribution is -2.63. The van der Waals surface area contributed by atoms with Crippen molar-refractivity contribution in [3.63, 3.8) is 0 Å². The summed E-state index contributed by atoms with van der Waals surface area (Å²) in [5, 5.41) is -3.12. The minimum Gasteiger partial charge on any atom is -0.497 e. The van der Waals surface area contributed by atoms with Gasteiger partial charge in [-0.2, -0.15) is 53.0 Å². The number of nitrogens with zero attached hydrogens (tertiary/aromatic N) is 3. The molecule has 2 aromatic heterocycles. The number of ether oxygens (including phenoxy) is 1. The predicted octanol–water partition coefficient (Wildman–Crippen LogP) is 5.14. The molecule has 3 rings (SSSR count). The van der Waals surface area contributed by atoms with Gasteiger partial charge in [0.05, 0.1) is 19.3 Å². The van der Waals surface area contributed by atoms with Crippen LogP contribution in [0.2, 0.25) is 0 Å². The van der Waals surface area contributed by atoms with E-state index in [4.69, 9.17) is 4.74 Å². The Morgan fingerprint density at radius 3 is 2.00 bits per heavy atom. The second kappa shape index (κ2) is 9.42. The van der Waals surface area contributed by atoms with Gasteiger partial charge in [0, 0.05) is 12.3 Å². The second-order valence-electron chi connectivity index (χ2n) is 7.29. The zero-order valence-corrected chi connectivity index (χ0v) is 19.0. The highest BCUT2D eigenvalue weighted by atomic mass is 32.2. The lowest BCUT2D eigenvalue weighted by molar-refractivity contribution is -0.382. The van der Waals surface area contributed by atoms with Gasteiger partial charge in [-0.3, -0.25) is 4.98 Å². The van der Waals surface area contributed by atoms with Crippen molar-refractivity contribution in [1.82, 2.24) is 14.8 Å². The van der Waals surface area contributed by atoms with Gasteiger partial charge in [0.1, 0.15) is 11.4 Å². The Bertz CT molecular complexity index is 1340. The molecule has 3 aromatic rings. The van der Waals surface area contributed by atoms with Crippen LogP contribution in [0.1, 0.15) is 5.56 Å². The molecule has 0 unspecified atom stereocenters. The van der Waals surface area contributed by atoms with Gasteiger partial charge in [0.15, 0.2) is 0 Å². The van der Waals surface area contributed by atoms with Gasteiger partial charge >= 0.3 is 33.4 Å². The van der Waals surface area contributed by atoms with Crippen LogP contribution < -0.4 is 8.92 Å². The summed E-state index contributed by atoms with van der Waals surface area (Å²) in [7, 11) is -5.82. The molecule has 0 spiro atoms. The first-order valence-electron chi connectivity index (χ1n) is 9.71. The van der Waals surface area contributed by atoms with Crippen molar-refractivity contribution in [2.45, 2.75) is 29.8 Å². The van der Waals surface area contributed by atoms with Crippen LogP contribution >= 0.6 is 0 Å². The Balaban J connectivity index is 2.05. The van der Waals surface area contributed by atoms with Crippen molar-refractivity contribution in [2.24, 2.45) is 0 Å². The Morgan fingerprint density at radius 2 is 1.49 bits per heavy atom. The molecule has 0 aliphatic carbocycles. The van der Waals surface area contributed by atoms with Crippen LogP contribution in [-0.4, -0.2) is 53.6 Å². The van der Waals surface area contributed by atoms with Crippen molar-refractivity contribution in [2.75, 3.05) is 7.11 Å². The first kappa shape index (κ1) is 28.1. The summed E-state index contributed by atoms with van der Waals surface area (Å²) in [5.41, 5.74) is 0.119. The lowest BCUT2D eigenvalue weighted by Gasteiger charge is -2.32. The number of halogens is 9. The third-order valence-electron chi connectivity index (χ3n) is 4.79. The van der Waals surface area contributed by atoms with Crippen molar-refractivity contribution >= 4 is 10.1 Å². The van der Waals surface area contributed by atoms with E-state index in [1.54, 1.807) is 0 Å². The van der Waals surface area contributed by atoms with E-state index in [1.807, 2.05) is 0 Å². The van der Waals surface area contributed by atoms with Crippen LogP contribution in [0.3, 0.4) is 0 Å². The maximum absolute atomic E-state index is 14.2. The number of methoxy groups -OCH3 is 1. The summed E-state index contributed by atoms with van der Waals surface area (Å²) >= 11 is 0. The summed E-state index contributed by atoms with van der Waals surface area (Å²) in [6, 6.07) is 10.7. The van der Waals surface area contributed by atoms with Crippen LogP contribution in [0.5, 0.6) is 11.6 Å². The number of alkyl halides is 9. The van der Waals surface area contributed by atoms with Gasteiger partial charge in [-0.25, -0.2) is 4.68 Å². The molecule has 0 radical (unpaired) electrons. The maximum Gasteiger partial charge on any atom is 0.460 e. The summed E-state index contributed by atoms with van der Waals surface area (Å²) in [4.78, 5) is 3.89. The molecule has 202 valence electrons. The van der Waals surface area contributed by atoms with Gasteiger partial charge < -0.3 is 8.92 Å². The first-order valence-corrected chi connectivity index (χ1v) is 11.1. The molecule has 0 N–H and O–H groups in total. The second-order valence-corrected chi connectivity index (χ2v) is 8.88. The molecule has 0 amide bonds. The normalized spacial score (nSPS) is 13.5. The summed E-state index contributed by atoms with van der Waals surface area (Å²) in [5.74, 6) is -15.7. The standard InChI is InChI=1S/C20H14F9N3O4S/c1-35-13-7-5-12(6-8-13)11-32-16(10-15(31-32)14-4-2-3-9-30-14)36-37(33,34)20(28,29)18(23,24)17(21,22)19(25,26)27/h2-10H,11H2,1H3. The molecule has 0 saturated carbocycles. The minimum absolute atomic E-state index is 0.0268. The van der Waals surface area contributed by atoms with E-state index in [0.717, 1.165) is 0 Å². The number of hydrogen-bond acceptors (Lipinski definition) is 6. The van der Waals surface area contributed by atoms with E-state index in [1.165, 1.54) is 55.8 Å². The van der Waals surface area contributed by atoms with Gasteiger partial charge in [0.2, 0.25) is 5.88 Å². The molecule has 0 saturated heterocycles. The molecular formula is C20H14F9N3O4S. The molecule has 0 aliphatic rings. The Kier molecular flexibility index (Phi) is 7.15. The monoisotopic (exact) mass is 563 g/mol. The molecule has 0 bridgehead atoms. The predicted molar refractivity (Wildman–Crippen MR) is 108 cm³/mol. The molecular weight excluding hydrogens is 549 g/mol. The average molecular weight is 563 g/mol. The van der Waals surface area contributed by atoms with E-state index in [2.05, 4.69) is 14.3 Å². The Labute approximate surface area is 202 Å². The summed E-state index contributed by atoms with van der Waals surface area (Å²) in [6.45, 7) is -0.442. The smallest absolute Gasteiger partial charge is 0.460 e. The molecule has 1 aromatic carbocycles. The number of pyridine rings is 1. The maximum atomic E-state index is 14.2. The molecule has 0 aliphatic heterocycles. The van der Waals surface area contributed by atoms with Gasteiger partial charge in [-0.1, -0.05) is 18.2 Å². The molecule has 0 atom stereocenters. The molecule has 0 fully saturated rings. The van der Waals surface area contributed by atoms with E-state index < -0.39 is 45.8 Å².